The minimum Gasteiger partial charge on any atom is -0.320 e. The van der Waals surface area contributed by atoms with E-state index in [0.717, 1.165) is 32.6 Å². The lowest BCUT2D eigenvalue weighted by Crippen LogP contribution is -2.39. The van der Waals surface area contributed by atoms with E-state index in [2.05, 4.69) is 15.3 Å². The van der Waals surface area contributed by atoms with Crippen LogP contribution in [0.1, 0.15) is 11.1 Å². The van der Waals surface area contributed by atoms with Crippen molar-refractivity contribution in [1.82, 2.24) is 14.9 Å². The Morgan fingerprint density at radius 3 is 2.81 bits per heavy atom. The Balaban J connectivity index is 1.40. The number of carbonyl (C=O) groups is 1. The highest BCUT2D eigenvalue weighted by Crippen LogP contribution is 2.34. The highest BCUT2D eigenvalue weighted by molar-refractivity contribution is 7.24. The van der Waals surface area contributed by atoms with E-state index in [4.69, 9.17) is 0 Å². The SMILES string of the molecule is O=C(Nc1nc2ccc3scnc3c2s1)N1CCc2c(F)ccc(F)c2C1. The molecule has 0 saturated heterocycles. The molecule has 0 saturated carbocycles. The summed E-state index contributed by atoms with van der Waals surface area (Å²) in [6, 6.07) is 5.71. The molecule has 9 heteroatoms. The van der Waals surface area contributed by atoms with Gasteiger partial charge in [-0.3, -0.25) is 5.32 Å². The summed E-state index contributed by atoms with van der Waals surface area (Å²) in [5.74, 6) is -0.917. The zero-order chi connectivity index (χ0) is 18.5. The number of thiazole rings is 2. The molecule has 1 aliphatic rings. The van der Waals surface area contributed by atoms with Crippen LogP contribution >= 0.6 is 22.7 Å². The molecule has 1 aliphatic heterocycles. The molecular weight excluding hydrogens is 390 g/mol. The third kappa shape index (κ3) is 2.74. The van der Waals surface area contributed by atoms with E-state index >= 15 is 0 Å². The molecule has 2 amide bonds. The second-order valence-electron chi connectivity index (χ2n) is 6.22. The zero-order valence-corrected chi connectivity index (χ0v) is 15.5. The molecule has 5 rings (SSSR count). The molecule has 0 spiro atoms. The second-order valence-corrected chi connectivity index (χ2v) is 8.11. The number of halogens is 2. The van der Waals surface area contributed by atoms with Gasteiger partial charge in [0.05, 0.1) is 27.0 Å². The van der Waals surface area contributed by atoms with Gasteiger partial charge in [0, 0.05) is 12.1 Å². The van der Waals surface area contributed by atoms with Gasteiger partial charge >= 0.3 is 6.03 Å². The highest BCUT2D eigenvalue weighted by atomic mass is 32.1. The Hall–Kier alpha value is -2.65. The summed E-state index contributed by atoms with van der Waals surface area (Å²) in [7, 11) is 0. The maximum Gasteiger partial charge on any atom is 0.323 e. The third-order valence-electron chi connectivity index (χ3n) is 4.65. The van der Waals surface area contributed by atoms with Crippen molar-refractivity contribution in [3.63, 3.8) is 0 Å². The normalized spacial score (nSPS) is 13.9. The first-order chi connectivity index (χ1) is 13.1. The standard InChI is InChI=1S/C18H12F2N4OS2/c19-11-1-2-12(20)10-7-24(6-5-9(10)11)18(25)23-17-22-13-3-4-14-15(16(13)27-17)21-8-26-14/h1-4,8H,5-7H2,(H,22,23,25). The fourth-order valence-corrected chi connectivity index (χ4v) is 5.01. The molecule has 27 heavy (non-hydrogen) atoms. The maximum atomic E-state index is 14.0. The topological polar surface area (TPSA) is 58.1 Å². The number of nitrogens with zero attached hydrogens (tertiary/aromatic N) is 3. The number of benzene rings is 2. The largest absolute Gasteiger partial charge is 0.323 e. The number of hydrogen-bond donors (Lipinski definition) is 1. The van der Waals surface area contributed by atoms with E-state index in [1.807, 2.05) is 12.1 Å². The number of aromatic nitrogens is 2. The van der Waals surface area contributed by atoms with Crippen molar-refractivity contribution in [3.05, 3.63) is 52.5 Å². The number of fused-ring (bicyclic) bond motifs is 4. The molecule has 5 nitrogen and oxygen atoms in total. The quantitative estimate of drug-likeness (QED) is 0.499. The maximum absolute atomic E-state index is 14.0. The lowest BCUT2D eigenvalue weighted by Gasteiger charge is -2.29. The fraction of sp³-hybridized carbons (Fsp3) is 0.167. The van der Waals surface area contributed by atoms with Crippen LogP contribution in [0.4, 0.5) is 18.7 Å². The van der Waals surface area contributed by atoms with E-state index in [1.54, 1.807) is 16.8 Å². The first kappa shape index (κ1) is 16.5. The molecule has 0 bridgehead atoms. The Bertz CT molecular complexity index is 1200. The van der Waals surface area contributed by atoms with Crippen LogP contribution in [0.15, 0.2) is 29.8 Å². The summed E-state index contributed by atoms with van der Waals surface area (Å²) in [4.78, 5) is 22.9. The lowest BCUT2D eigenvalue weighted by atomic mass is 9.99. The van der Waals surface area contributed by atoms with Crippen LogP contribution in [0, 0.1) is 11.6 Å². The van der Waals surface area contributed by atoms with E-state index < -0.39 is 11.6 Å². The van der Waals surface area contributed by atoms with Gasteiger partial charge in [0.2, 0.25) is 0 Å². The summed E-state index contributed by atoms with van der Waals surface area (Å²) >= 11 is 2.91. The summed E-state index contributed by atoms with van der Waals surface area (Å²) in [6.45, 7) is 0.354. The molecular formula is C18H12F2N4OS2. The Morgan fingerprint density at radius 1 is 1.15 bits per heavy atom. The molecule has 1 N–H and O–H groups in total. The third-order valence-corrected chi connectivity index (χ3v) is 6.44. The summed E-state index contributed by atoms with van der Waals surface area (Å²) in [5.41, 5.74) is 4.02. The van der Waals surface area contributed by atoms with Crippen LogP contribution in [0.3, 0.4) is 0 Å². The van der Waals surface area contributed by atoms with Crippen molar-refractivity contribution < 1.29 is 13.6 Å². The van der Waals surface area contributed by atoms with Gasteiger partial charge < -0.3 is 4.90 Å². The van der Waals surface area contributed by atoms with Gasteiger partial charge in [0.25, 0.3) is 0 Å². The van der Waals surface area contributed by atoms with Crippen LogP contribution in [0.2, 0.25) is 0 Å². The minimum absolute atomic E-state index is 0.0337. The van der Waals surface area contributed by atoms with Crippen LogP contribution in [0.25, 0.3) is 20.4 Å². The zero-order valence-electron chi connectivity index (χ0n) is 13.8. The second kappa shape index (κ2) is 6.21. The van der Waals surface area contributed by atoms with Crippen molar-refractivity contribution in [2.75, 3.05) is 11.9 Å². The van der Waals surface area contributed by atoms with Gasteiger partial charge in [-0.2, -0.15) is 0 Å². The van der Waals surface area contributed by atoms with Gasteiger partial charge in [0.15, 0.2) is 5.13 Å². The van der Waals surface area contributed by atoms with E-state index in [1.165, 1.54) is 16.2 Å². The number of rotatable bonds is 1. The van der Waals surface area contributed by atoms with Crippen LogP contribution in [-0.4, -0.2) is 27.4 Å². The van der Waals surface area contributed by atoms with Gasteiger partial charge in [-0.1, -0.05) is 11.3 Å². The first-order valence-electron chi connectivity index (χ1n) is 8.24. The number of carbonyl (C=O) groups excluding carboxylic acids is 1. The molecule has 2 aromatic heterocycles. The molecule has 0 atom stereocenters. The number of anilines is 1. The van der Waals surface area contributed by atoms with Crippen LogP contribution in [-0.2, 0) is 13.0 Å². The molecule has 0 radical (unpaired) electrons. The van der Waals surface area contributed by atoms with Crippen LogP contribution in [0.5, 0.6) is 0 Å². The summed E-state index contributed by atoms with van der Waals surface area (Å²) in [5, 5.41) is 3.24. The van der Waals surface area contributed by atoms with Crippen molar-refractivity contribution >= 4 is 54.3 Å². The Labute approximate surface area is 160 Å². The minimum atomic E-state index is -0.491. The molecule has 3 heterocycles. The summed E-state index contributed by atoms with van der Waals surface area (Å²) < 4.78 is 29.9. The van der Waals surface area contributed by atoms with Crippen molar-refractivity contribution in [2.45, 2.75) is 13.0 Å². The van der Waals surface area contributed by atoms with E-state index in [-0.39, 0.29) is 24.6 Å². The summed E-state index contributed by atoms with van der Waals surface area (Å²) in [6.07, 6.45) is 0.283. The molecule has 0 aliphatic carbocycles. The highest BCUT2D eigenvalue weighted by Gasteiger charge is 2.26. The van der Waals surface area contributed by atoms with Crippen molar-refractivity contribution in [3.8, 4) is 0 Å². The lowest BCUT2D eigenvalue weighted by molar-refractivity contribution is 0.204. The number of hydrogen-bond acceptors (Lipinski definition) is 5. The number of amides is 2. The average molecular weight is 402 g/mol. The monoisotopic (exact) mass is 402 g/mol. The number of urea groups is 1. The van der Waals surface area contributed by atoms with Gasteiger partial charge in [0.1, 0.15) is 17.2 Å². The smallest absolute Gasteiger partial charge is 0.320 e. The van der Waals surface area contributed by atoms with E-state index in [0.29, 0.717) is 17.2 Å². The predicted molar refractivity (Wildman–Crippen MR) is 102 cm³/mol. The van der Waals surface area contributed by atoms with Crippen molar-refractivity contribution in [1.29, 1.82) is 0 Å². The first-order valence-corrected chi connectivity index (χ1v) is 9.94. The Morgan fingerprint density at radius 2 is 1.96 bits per heavy atom. The Kier molecular flexibility index (Phi) is 3.80. The van der Waals surface area contributed by atoms with Gasteiger partial charge in [-0.05, 0) is 36.2 Å². The number of nitrogens with one attached hydrogen (secondary N) is 1. The van der Waals surface area contributed by atoms with E-state index in [9.17, 15) is 13.6 Å². The molecule has 136 valence electrons. The molecule has 0 unspecified atom stereocenters. The fourth-order valence-electron chi connectivity index (χ4n) is 3.30. The van der Waals surface area contributed by atoms with Crippen LogP contribution < -0.4 is 5.32 Å². The van der Waals surface area contributed by atoms with Gasteiger partial charge in [-0.15, -0.1) is 11.3 Å². The average Bonchev–Trinajstić information content (AvgIpc) is 3.30. The predicted octanol–water partition coefficient (Wildman–Crippen LogP) is 4.77. The molecule has 4 aromatic rings. The molecule has 2 aromatic carbocycles. The van der Waals surface area contributed by atoms with Crippen molar-refractivity contribution in [2.24, 2.45) is 0 Å². The molecule has 0 fully saturated rings. The van der Waals surface area contributed by atoms with Gasteiger partial charge in [-0.25, -0.2) is 23.5 Å².